The van der Waals surface area contributed by atoms with Crippen molar-refractivity contribution in [1.82, 2.24) is 5.43 Å². The molecule has 0 atom stereocenters. The second-order valence-corrected chi connectivity index (χ2v) is 10.3. The van der Waals surface area contributed by atoms with Gasteiger partial charge in [0, 0.05) is 10.6 Å². The van der Waals surface area contributed by atoms with Crippen molar-refractivity contribution < 1.29 is 31.6 Å². The van der Waals surface area contributed by atoms with E-state index in [1.807, 2.05) is 13.8 Å². The molecule has 208 valence electrons. The summed E-state index contributed by atoms with van der Waals surface area (Å²) in [6.07, 6.45) is 2.18. The maximum atomic E-state index is 12.8. The minimum Gasteiger partial charge on any atom is -0.490 e. The van der Waals surface area contributed by atoms with Gasteiger partial charge in [-0.15, -0.1) is 0 Å². The van der Waals surface area contributed by atoms with Gasteiger partial charge in [-0.3, -0.25) is 4.79 Å². The van der Waals surface area contributed by atoms with Crippen LogP contribution in [0, 0.1) is 0 Å². The summed E-state index contributed by atoms with van der Waals surface area (Å²) in [5.74, 6) is 0.444. The third-order valence-electron chi connectivity index (χ3n) is 4.97. The summed E-state index contributed by atoms with van der Waals surface area (Å²) in [6.45, 7) is 6.71. The summed E-state index contributed by atoms with van der Waals surface area (Å²) in [5.41, 5.74) is 3.19. The second-order valence-electron chi connectivity index (χ2n) is 7.90. The monoisotopic (exact) mass is 594 g/mol. The number of ether oxygens (including phenoxy) is 3. The molecule has 3 aromatic rings. The fourth-order valence-corrected chi connectivity index (χ4v) is 4.63. The Hall–Kier alpha value is -3.47. The third-order valence-corrected chi connectivity index (χ3v) is 6.74. The lowest BCUT2D eigenvalue weighted by Crippen LogP contribution is -2.18. The van der Waals surface area contributed by atoms with Crippen LogP contribution in [0.3, 0.4) is 0 Å². The molecule has 39 heavy (non-hydrogen) atoms. The van der Waals surface area contributed by atoms with Gasteiger partial charge in [0.2, 0.25) is 5.75 Å². The Morgan fingerprint density at radius 1 is 0.897 bits per heavy atom. The van der Waals surface area contributed by atoms with E-state index in [0.29, 0.717) is 40.9 Å². The van der Waals surface area contributed by atoms with E-state index in [2.05, 4.69) is 10.5 Å². The van der Waals surface area contributed by atoms with E-state index in [1.54, 1.807) is 25.1 Å². The minimum absolute atomic E-state index is 0.0321. The summed E-state index contributed by atoms with van der Waals surface area (Å²) in [5, 5.41) is 4.33. The summed E-state index contributed by atoms with van der Waals surface area (Å²) >= 11 is 12.2. The highest BCUT2D eigenvalue weighted by Gasteiger charge is 2.22. The Labute approximate surface area is 237 Å². The van der Waals surface area contributed by atoms with Gasteiger partial charge in [0.25, 0.3) is 5.91 Å². The molecule has 0 bridgehead atoms. The molecular formula is C27H28Cl2N2O7S. The largest absolute Gasteiger partial charge is 0.490 e. The Morgan fingerprint density at radius 2 is 1.59 bits per heavy atom. The number of hydrogen-bond donors (Lipinski definition) is 1. The molecule has 9 nitrogen and oxygen atoms in total. The predicted octanol–water partition coefficient (Wildman–Crippen LogP) is 6.11. The first-order chi connectivity index (χ1) is 18.7. The molecule has 0 aliphatic heterocycles. The zero-order chi connectivity index (χ0) is 28.4. The fourth-order valence-electron chi connectivity index (χ4n) is 3.24. The molecule has 0 heterocycles. The predicted molar refractivity (Wildman–Crippen MR) is 150 cm³/mol. The first-order valence-corrected chi connectivity index (χ1v) is 14.2. The highest BCUT2D eigenvalue weighted by Crippen LogP contribution is 2.38. The molecule has 0 fully saturated rings. The summed E-state index contributed by atoms with van der Waals surface area (Å²) in [7, 11) is -4.21. The fraction of sp³-hybridized carbons (Fsp3) is 0.259. The van der Waals surface area contributed by atoms with Crippen molar-refractivity contribution in [2.24, 2.45) is 5.10 Å². The molecule has 1 amide bonds. The quantitative estimate of drug-likeness (QED) is 0.144. The molecule has 3 aromatic carbocycles. The highest BCUT2D eigenvalue weighted by atomic mass is 35.5. The van der Waals surface area contributed by atoms with E-state index in [-0.39, 0.29) is 28.0 Å². The van der Waals surface area contributed by atoms with Crippen molar-refractivity contribution in [3.8, 4) is 23.0 Å². The van der Waals surface area contributed by atoms with Crippen LogP contribution in [0.2, 0.25) is 10.0 Å². The van der Waals surface area contributed by atoms with E-state index < -0.39 is 16.0 Å². The van der Waals surface area contributed by atoms with E-state index >= 15 is 0 Å². The Balaban J connectivity index is 1.78. The average molecular weight is 596 g/mol. The van der Waals surface area contributed by atoms with Gasteiger partial charge in [0.05, 0.1) is 31.1 Å². The normalized spacial score (nSPS) is 11.3. The molecule has 0 saturated heterocycles. The SMILES string of the molecule is CCCOc1ccc(C(=O)N/N=C/c2cc(Cl)c(OS(=O)(=O)c3ccc(Cl)cc3)c(OCC)c2)cc1OCC. The molecular weight excluding hydrogens is 567 g/mol. The molecule has 0 aromatic heterocycles. The number of hydrazone groups is 1. The van der Waals surface area contributed by atoms with Crippen LogP contribution in [0.1, 0.15) is 43.1 Å². The van der Waals surface area contributed by atoms with E-state index in [1.165, 1.54) is 42.6 Å². The van der Waals surface area contributed by atoms with Crippen LogP contribution in [0.4, 0.5) is 0 Å². The first kappa shape index (κ1) is 30.1. The number of carbonyl (C=O) groups is 1. The molecule has 0 aliphatic rings. The van der Waals surface area contributed by atoms with Gasteiger partial charge in [-0.2, -0.15) is 13.5 Å². The molecule has 0 aliphatic carbocycles. The Kier molecular flexibility index (Phi) is 10.8. The van der Waals surface area contributed by atoms with Crippen LogP contribution in [0.5, 0.6) is 23.0 Å². The van der Waals surface area contributed by atoms with Crippen LogP contribution in [0.25, 0.3) is 0 Å². The van der Waals surface area contributed by atoms with Crippen molar-refractivity contribution in [2.45, 2.75) is 32.1 Å². The van der Waals surface area contributed by atoms with Crippen LogP contribution in [0.15, 0.2) is 64.6 Å². The number of carbonyl (C=O) groups excluding carboxylic acids is 1. The van der Waals surface area contributed by atoms with E-state index in [9.17, 15) is 13.2 Å². The molecule has 1 N–H and O–H groups in total. The standard InChI is InChI=1S/C27H28Cl2N2O7S/c1-4-13-37-23-12-7-19(16-24(23)35-5-2)27(32)31-30-17-18-14-22(29)26(25(15-18)36-6-3)38-39(33,34)21-10-8-20(28)9-11-21/h7-12,14-17H,4-6,13H2,1-3H3,(H,31,32)/b30-17+. The molecule has 0 saturated carbocycles. The number of rotatable bonds is 13. The Bertz CT molecular complexity index is 1430. The van der Waals surface area contributed by atoms with E-state index in [4.69, 9.17) is 41.6 Å². The molecule has 0 spiro atoms. The first-order valence-electron chi connectivity index (χ1n) is 12.1. The minimum atomic E-state index is -4.21. The molecule has 12 heteroatoms. The zero-order valence-corrected chi connectivity index (χ0v) is 23.9. The Morgan fingerprint density at radius 3 is 2.26 bits per heavy atom. The van der Waals surface area contributed by atoms with Gasteiger partial charge in [0.15, 0.2) is 17.2 Å². The van der Waals surface area contributed by atoms with Crippen LogP contribution in [-0.4, -0.2) is 40.4 Å². The lowest BCUT2D eigenvalue weighted by Gasteiger charge is -2.14. The number of nitrogens with one attached hydrogen (secondary N) is 1. The van der Waals surface area contributed by atoms with Gasteiger partial charge in [-0.1, -0.05) is 30.1 Å². The number of amides is 1. The van der Waals surface area contributed by atoms with Crippen molar-refractivity contribution in [2.75, 3.05) is 19.8 Å². The van der Waals surface area contributed by atoms with Crippen molar-refractivity contribution in [3.63, 3.8) is 0 Å². The maximum absolute atomic E-state index is 12.8. The van der Waals surface area contributed by atoms with Crippen LogP contribution in [-0.2, 0) is 10.1 Å². The zero-order valence-electron chi connectivity index (χ0n) is 21.6. The number of hydrogen-bond acceptors (Lipinski definition) is 8. The molecule has 0 unspecified atom stereocenters. The topological polar surface area (TPSA) is 113 Å². The van der Waals surface area contributed by atoms with Crippen LogP contribution < -0.4 is 23.8 Å². The second kappa shape index (κ2) is 14.1. The van der Waals surface area contributed by atoms with Crippen molar-refractivity contribution >= 4 is 45.4 Å². The molecule has 0 radical (unpaired) electrons. The average Bonchev–Trinajstić information content (AvgIpc) is 2.90. The van der Waals surface area contributed by atoms with Crippen LogP contribution >= 0.6 is 23.2 Å². The lowest BCUT2D eigenvalue weighted by molar-refractivity contribution is 0.0954. The van der Waals surface area contributed by atoms with E-state index in [0.717, 1.165) is 6.42 Å². The number of nitrogens with zero attached hydrogens (tertiary/aromatic N) is 1. The highest BCUT2D eigenvalue weighted by molar-refractivity contribution is 7.87. The maximum Gasteiger partial charge on any atom is 0.339 e. The summed E-state index contributed by atoms with van der Waals surface area (Å²) in [4.78, 5) is 12.6. The smallest absolute Gasteiger partial charge is 0.339 e. The summed E-state index contributed by atoms with van der Waals surface area (Å²) < 4.78 is 47.6. The molecule has 3 rings (SSSR count). The number of halogens is 2. The number of benzene rings is 3. The third kappa shape index (κ3) is 8.26. The van der Waals surface area contributed by atoms with Gasteiger partial charge in [-0.25, -0.2) is 5.43 Å². The lowest BCUT2D eigenvalue weighted by atomic mass is 10.2. The van der Waals surface area contributed by atoms with Crippen molar-refractivity contribution in [1.29, 1.82) is 0 Å². The van der Waals surface area contributed by atoms with Crippen molar-refractivity contribution in [3.05, 3.63) is 75.8 Å². The van der Waals surface area contributed by atoms with Gasteiger partial charge in [-0.05, 0) is 80.4 Å². The van der Waals surface area contributed by atoms with Gasteiger partial charge < -0.3 is 18.4 Å². The van der Waals surface area contributed by atoms with Gasteiger partial charge >= 0.3 is 10.1 Å². The van der Waals surface area contributed by atoms with Gasteiger partial charge in [0.1, 0.15) is 4.90 Å². The summed E-state index contributed by atoms with van der Waals surface area (Å²) in [6, 6.07) is 13.3.